The lowest BCUT2D eigenvalue weighted by Gasteiger charge is -2.45. The molecule has 3 fully saturated rings. The standard InChI is InChI=1S/C11H19N3/c1-9(2-5-12)13-11-8-14-6-3-10(11)4-7-14/h9-11,13H,2-4,6-8H2,1H3. The molecule has 0 amide bonds. The van der Waals surface area contributed by atoms with Gasteiger partial charge >= 0.3 is 0 Å². The number of nitrogens with one attached hydrogen (secondary N) is 1. The minimum absolute atomic E-state index is 0.352. The summed E-state index contributed by atoms with van der Waals surface area (Å²) in [5.41, 5.74) is 0. The molecule has 14 heavy (non-hydrogen) atoms. The molecule has 0 saturated carbocycles. The summed E-state index contributed by atoms with van der Waals surface area (Å²) < 4.78 is 0. The van der Waals surface area contributed by atoms with Crippen LogP contribution in [0.1, 0.15) is 26.2 Å². The molecule has 0 aromatic heterocycles. The summed E-state index contributed by atoms with van der Waals surface area (Å²) in [5, 5.41) is 12.2. The van der Waals surface area contributed by atoms with Gasteiger partial charge in [-0.3, -0.25) is 0 Å². The van der Waals surface area contributed by atoms with Crippen molar-refractivity contribution in [2.75, 3.05) is 19.6 Å². The first kappa shape index (κ1) is 9.95. The third-order valence-electron chi connectivity index (χ3n) is 3.55. The van der Waals surface area contributed by atoms with E-state index in [4.69, 9.17) is 5.26 Å². The monoisotopic (exact) mass is 193 g/mol. The van der Waals surface area contributed by atoms with Gasteiger partial charge in [0, 0.05) is 18.6 Å². The number of hydrogen-bond donors (Lipinski definition) is 1. The quantitative estimate of drug-likeness (QED) is 0.726. The Morgan fingerprint density at radius 1 is 1.50 bits per heavy atom. The summed E-state index contributed by atoms with van der Waals surface area (Å²) in [6.07, 6.45) is 3.32. The first-order valence-electron chi connectivity index (χ1n) is 5.65. The van der Waals surface area contributed by atoms with Crippen molar-refractivity contribution in [2.45, 2.75) is 38.3 Å². The van der Waals surface area contributed by atoms with Gasteiger partial charge in [-0.15, -0.1) is 0 Å². The average molecular weight is 193 g/mol. The maximum absolute atomic E-state index is 8.60. The van der Waals surface area contributed by atoms with Gasteiger partial charge in [-0.25, -0.2) is 0 Å². The van der Waals surface area contributed by atoms with E-state index in [0.29, 0.717) is 18.5 Å². The van der Waals surface area contributed by atoms with E-state index in [9.17, 15) is 0 Å². The van der Waals surface area contributed by atoms with Crippen LogP contribution < -0.4 is 5.32 Å². The molecule has 0 aromatic carbocycles. The number of nitrogens with zero attached hydrogens (tertiary/aromatic N) is 2. The Morgan fingerprint density at radius 2 is 2.21 bits per heavy atom. The second kappa shape index (κ2) is 4.29. The predicted molar refractivity (Wildman–Crippen MR) is 55.8 cm³/mol. The largest absolute Gasteiger partial charge is 0.309 e. The Kier molecular flexibility index (Phi) is 3.05. The fourth-order valence-electron chi connectivity index (χ4n) is 2.72. The summed E-state index contributed by atoms with van der Waals surface area (Å²) >= 11 is 0. The van der Waals surface area contributed by atoms with Crippen LogP contribution in [0, 0.1) is 17.2 Å². The van der Waals surface area contributed by atoms with Gasteiger partial charge in [-0.05, 0) is 38.8 Å². The molecule has 0 aliphatic carbocycles. The van der Waals surface area contributed by atoms with Crippen molar-refractivity contribution in [1.29, 1.82) is 5.26 Å². The topological polar surface area (TPSA) is 39.1 Å². The minimum Gasteiger partial charge on any atom is -0.309 e. The molecule has 3 nitrogen and oxygen atoms in total. The number of piperidine rings is 3. The van der Waals surface area contributed by atoms with E-state index >= 15 is 0 Å². The van der Waals surface area contributed by atoms with E-state index in [1.807, 2.05) is 0 Å². The number of rotatable bonds is 3. The molecule has 78 valence electrons. The minimum atomic E-state index is 0.352. The van der Waals surface area contributed by atoms with Crippen LogP contribution in [0.25, 0.3) is 0 Å². The summed E-state index contributed by atoms with van der Waals surface area (Å²) in [6, 6.07) is 3.22. The molecule has 3 heteroatoms. The van der Waals surface area contributed by atoms with Crippen LogP contribution in [0.4, 0.5) is 0 Å². The van der Waals surface area contributed by atoms with E-state index in [1.165, 1.54) is 32.5 Å². The third-order valence-corrected chi connectivity index (χ3v) is 3.55. The lowest BCUT2D eigenvalue weighted by atomic mass is 9.83. The molecule has 1 N–H and O–H groups in total. The zero-order valence-electron chi connectivity index (χ0n) is 8.87. The normalized spacial score (nSPS) is 37.9. The molecular weight excluding hydrogens is 174 g/mol. The molecule has 3 aliphatic rings. The SMILES string of the molecule is CC(CC#N)NC1CN2CCC1CC2. The van der Waals surface area contributed by atoms with Crippen molar-refractivity contribution < 1.29 is 0 Å². The fraction of sp³-hybridized carbons (Fsp3) is 0.909. The maximum atomic E-state index is 8.60. The van der Waals surface area contributed by atoms with Crippen LogP contribution in [-0.2, 0) is 0 Å². The Morgan fingerprint density at radius 3 is 2.71 bits per heavy atom. The number of hydrogen-bond acceptors (Lipinski definition) is 3. The van der Waals surface area contributed by atoms with Gasteiger partial charge in [0.2, 0.25) is 0 Å². The highest BCUT2D eigenvalue weighted by atomic mass is 15.2. The van der Waals surface area contributed by atoms with Crippen LogP contribution in [0.3, 0.4) is 0 Å². The maximum Gasteiger partial charge on any atom is 0.0638 e. The Bertz CT molecular complexity index is 225. The van der Waals surface area contributed by atoms with E-state index in [0.717, 1.165) is 5.92 Å². The predicted octanol–water partition coefficient (Wildman–Crippen LogP) is 0.972. The summed E-state index contributed by atoms with van der Waals surface area (Å²) in [5.74, 6) is 0.862. The lowest BCUT2D eigenvalue weighted by Crippen LogP contribution is -2.57. The fourth-order valence-corrected chi connectivity index (χ4v) is 2.72. The second-order valence-corrected chi connectivity index (χ2v) is 4.67. The van der Waals surface area contributed by atoms with Gasteiger partial charge < -0.3 is 10.2 Å². The van der Waals surface area contributed by atoms with Gasteiger partial charge in [0.1, 0.15) is 0 Å². The van der Waals surface area contributed by atoms with E-state index in [1.54, 1.807) is 0 Å². The Balaban J connectivity index is 1.84. The van der Waals surface area contributed by atoms with Gasteiger partial charge in [-0.2, -0.15) is 5.26 Å². The van der Waals surface area contributed by atoms with Crippen LogP contribution in [0.2, 0.25) is 0 Å². The summed E-state index contributed by atoms with van der Waals surface area (Å²) in [6.45, 7) is 5.88. The second-order valence-electron chi connectivity index (χ2n) is 4.67. The van der Waals surface area contributed by atoms with Crippen LogP contribution >= 0.6 is 0 Å². The van der Waals surface area contributed by atoms with Crippen molar-refractivity contribution in [3.8, 4) is 6.07 Å². The van der Waals surface area contributed by atoms with Crippen LogP contribution in [0.15, 0.2) is 0 Å². The highest BCUT2D eigenvalue weighted by Gasteiger charge is 2.34. The van der Waals surface area contributed by atoms with E-state index in [-0.39, 0.29) is 0 Å². The first-order chi connectivity index (χ1) is 6.79. The molecule has 2 bridgehead atoms. The molecule has 3 saturated heterocycles. The van der Waals surface area contributed by atoms with Crippen LogP contribution in [0.5, 0.6) is 0 Å². The van der Waals surface area contributed by atoms with Crippen molar-refractivity contribution >= 4 is 0 Å². The number of fused-ring (bicyclic) bond motifs is 3. The molecule has 3 rings (SSSR count). The van der Waals surface area contributed by atoms with Crippen LogP contribution in [-0.4, -0.2) is 36.6 Å². The highest BCUT2D eigenvalue weighted by molar-refractivity contribution is 4.93. The van der Waals surface area contributed by atoms with Crippen molar-refractivity contribution in [3.05, 3.63) is 0 Å². The van der Waals surface area contributed by atoms with Crippen molar-refractivity contribution in [3.63, 3.8) is 0 Å². The zero-order valence-corrected chi connectivity index (χ0v) is 8.87. The number of nitriles is 1. The Hall–Kier alpha value is -0.590. The molecule has 3 heterocycles. The summed E-state index contributed by atoms with van der Waals surface area (Å²) in [7, 11) is 0. The Labute approximate surface area is 86.1 Å². The van der Waals surface area contributed by atoms with E-state index < -0.39 is 0 Å². The van der Waals surface area contributed by atoms with E-state index in [2.05, 4.69) is 23.2 Å². The van der Waals surface area contributed by atoms with Gasteiger partial charge in [0.15, 0.2) is 0 Å². The van der Waals surface area contributed by atoms with Crippen molar-refractivity contribution in [2.24, 2.45) is 5.92 Å². The smallest absolute Gasteiger partial charge is 0.0638 e. The molecule has 2 atom stereocenters. The van der Waals surface area contributed by atoms with Gasteiger partial charge in [-0.1, -0.05) is 0 Å². The molecule has 3 aliphatic heterocycles. The summed E-state index contributed by atoms with van der Waals surface area (Å²) in [4.78, 5) is 2.54. The van der Waals surface area contributed by atoms with Gasteiger partial charge in [0.25, 0.3) is 0 Å². The molecule has 0 radical (unpaired) electrons. The molecule has 0 spiro atoms. The first-order valence-corrected chi connectivity index (χ1v) is 5.65. The third kappa shape index (κ3) is 2.08. The zero-order chi connectivity index (χ0) is 9.97. The highest BCUT2D eigenvalue weighted by Crippen LogP contribution is 2.27. The average Bonchev–Trinajstić information content (AvgIpc) is 2.19. The van der Waals surface area contributed by atoms with Gasteiger partial charge in [0.05, 0.1) is 12.5 Å². The molecule has 0 aromatic rings. The van der Waals surface area contributed by atoms with Crippen molar-refractivity contribution in [1.82, 2.24) is 10.2 Å². The molecule has 2 unspecified atom stereocenters. The lowest BCUT2D eigenvalue weighted by molar-refractivity contribution is 0.0683. The molecular formula is C11H19N3.